The fraction of sp³-hybridized carbons (Fsp3) is 0.765. The van der Waals surface area contributed by atoms with Crippen LogP contribution < -0.4 is 0 Å². The first-order valence-electron chi connectivity index (χ1n) is 8.32. The van der Waals surface area contributed by atoms with Crippen LogP contribution in [0.2, 0.25) is 0 Å². The summed E-state index contributed by atoms with van der Waals surface area (Å²) in [7, 11) is 0. The van der Waals surface area contributed by atoms with Gasteiger partial charge in [-0.3, -0.25) is 4.90 Å². The molecule has 3 nitrogen and oxygen atoms in total. The number of fused-ring (bicyclic) bond motifs is 1. The molecule has 3 aliphatic rings. The van der Waals surface area contributed by atoms with Crippen LogP contribution in [0.15, 0.2) is 12.1 Å². The van der Waals surface area contributed by atoms with Crippen LogP contribution in [0.5, 0.6) is 0 Å². The second kappa shape index (κ2) is 5.99. The lowest BCUT2D eigenvalue weighted by molar-refractivity contribution is -0.116. The third kappa shape index (κ3) is 3.19. The van der Waals surface area contributed by atoms with Crippen molar-refractivity contribution in [1.29, 1.82) is 0 Å². The number of nitrogens with zero attached hydrogens (tertiary/aromatic N) is 1. The van der Waals surface area contributed by atoms with Crippen molar-refractivity contribution in [2.24, 2.45) is 5.92 Å². The van der Waals surface area contributed by atoms with Crippen LogP contribution in [-0.2, 0) is 16.0 Å². The molecular weight excluding hydrogens is 282 g/mol. The van der Waals surface area contributed by atoms with Crippen molar-refractivity contribution in [3.63, 3.8) is 0 Å². The Morgan fingerprint density at radius 2 is 2.19 bits per heavy atom. The maximum Gasteiger partial charge on any atom is 0.0992 e. The van der Waals surface area contributed by atoms with Crippen LogP contribution in [0.4, 0.5) is 0 Å². The number of hydrogen-bond donors (Lipinski definition) is 0. The Morgan fingerprint density at radius 3 is 2.95 bits per heavy atom. The van der Waals surface area contributed by atoms with Crippen LogP contribution in [-0.4, -0.2) is 42.9 Å². The lowest BCUT2D eigenvalue weighted by atomic mass is 10.1. The fourth-order valence-electron chi connectivity index (χ4n) is 3.68. The molecule has 0 spiro atoms. The predicted octanol–water partition coefficient (Wildman–Crippen LogP) is 3.21. The Hall–Kier alpha value is -0.420. The summed E-state index contributed by atoms with van der Waals surface area (Å²) >= 11 is 1.93. The van der Waals surface area contributed by atoms with Gasteiger partial charge >= 0.3 is 0 Å². The number of rotatable bonds is 5. The number of aryl methyl sites for hydroxylation is 1. The highest BCUT2D eigenvalue weighted by Crippen LogP contribution is 2.36. The summed E-state index contributed by atoms with van der Waals surface area (Å²) < 4.78 is 12.2. The minimum Gasteiger partial charge on any atom is -0.375 e. The third-order valence-corrected chi connectivity index (χ3v) is 6.03. The SMILES string of the molecule is Cc1ccc(CN2CCO[C@H]3[C@H](OCC4CC4)CC[C@@H]32)s1. The minimum atomic E-state index is 0.304. The Balaban J connectivity index is 1.38. The van der Waals surface area contributed by atoms with Gasteiger partial charge in [0, 0.05) is 35.5 Å². The van der Waals surface area contributed by atoms with E-state index in [2.05, 4.69) is 24.0 Å². The lowest BCUT2D eigenvalue weighted by Crippen LogP contribution is -2.51. The molecule has 2 aliphatic carbocycles. The van der Waals surface area contributed by atoms with E-state index in [9.17, 15) is 0 Å². The maximum absolute atomic E-state index is 6.15. The van der Waals surface area contributed by atoms with Crippen molar-refractivity contribution < 1.29 is 9.47 Å². The first kappa shape index (κ1) is 14.2. The largest absolute Gasteiger partial charge is 0.375 e. The molecule has 2 saturated carbocycles. The predicted molar refractivity (Wildman–Crippen MR) is 84.7 cm³/mol. The maximum atomic E-state index is 6.15. The van der Waals surface area contributed by atoms with E-state index in [1.807, 2.05) is 11.3 Å². The molecule has 0 aromatic carbocycles. The minimum absolute atomic E-state index is 0.304. The van der Waals surface area contributed by atoms with E-state index in [1.54, 1.807) is 0 Å². The van der Waals surface area contributed by atoms with Gasteiger partial charge in [-0.1, -0.05) is 0 Å². The van der Waals surface area contributed by atoms with Gasteiger partial charge in [-0.05, 0) is 50.7 Å². The highest BCUT2D eigenvalue weighted by molar-refractivity contribution is 7.11. The van der Waals surface area contributed by atoms with Crippen LogP contribution in [0, 0.1) is 12.8 Å². The molecule has 0 N–H and O–H groups in total. The molecule has 0 amide bonds. The Bertz CT molecular complexity index is 485. The van der Waals surface area contributed by atoms with Gasteiger partial charge in [-0.25, -0.2) is 0 Å². The number of ether oxygens (including phenoxy) is 2. The van der Waals surface area contributed by atoms with E-state index >= 15 is 0 Å². The third-order valence-electron chi connectivity index (χ3n) is 5.05. The molecule has 4 heteroatoms. The molecule has 1 aromatic rings. The normalized spacial score (nSPS) is 33.3. The molecule has 0 unspecified atom stereocenters. The van der Waals surface area contributed by atoms with E-state index in [-0.39, 0.29) is 0 Å². The van der Waals surface area contributed by atoms with E-state index in [0.717, 1.165) is 32.2 Å². The van der Waals surface area contributed by atoms with E-state index in [0.29, 0.717) is 18.2 Å². The van der Waals surface area contributed by atoms with Gasteiger partial charge in [0.05, 0.1) is 18.8 Å². The molecule has 0 bridgehead atoms. The number of thiophene rings is 1. The first-order chi connectivity index (χ1) is 10.3. The molecule has 1 saturated heterocycles. The van der Waals surface area contributed by atoms with Gasteiger partial charge in [-0.2, -0.15) is 0 Å². The molecule has 116 valence electrons. The summed E-state index contributed by atoms with van der Waals surface area (Å²) in [5, 5.41) is 0. The average molecular weight is 307 g/mol. The van der Waals surface area contributed by atoms with Crippen LogP contribution >= 0.6 is 11.3 Å². The number of hydrogen-bond acceptors (Lipinski definition) is 4. The summed E-state index contributed by atoms with van der Waals surface area (Å²) in [6.07, 6.45) is 5.77. The number of morpholine rings is 1. The second-order valence-corrected chi connectivity index (χ2v) is 8.15. The molecule has 0 radical (unpaired) electrons. The Morgan fingerprint density at radius 1 is 1.29 bits per heavy atom. The first-order valence-corrected chi connectivity index (χ1v) is 9.14. The molecule has 21 heavy (non-hydrogen) atoms. The summed E-state index contributed by atoms with van der Waals surface area (Å²) in [5.41, 5.74) is 0. The Kier molecular flexibility index (Phi) is 4.05. The van der Waals surface area contributed by atoms with E-state index in [4.69, 9.17) is 9.47 Å². The molecule has 1 aliphatic heterocycles. The summed E-state index contributed by atoms with van der Waals surface area (Å²) in [6.45, 7) is 6.15. The van der Waals surface area contributed by atoms with Gasteiger partial charge in [-0.15, -0.1) is 11.3 Å². The van der Waals surface area contributed by atoms with E-state index < -0.39 is 0 Å². The quantitative estimate of drug-likeness (QED) is 0.834. The highest BCUT2D eigenvalue weighted by Gasteiger charge is 2.43. The van der Waals surface area contributed by atoms with Crippen molar-refractivity contribution in [2.75, 3.05) is 19.8 Å². The van der Waals surface area contributed by atoms with Crippen LogP contribution in [0.1, 0.15) is 35.4 Å². The monoisotopic (exact) mass is 307 g/mol. The molecule has 2 heterocycles. The fourth-order valence-corrected chi connectivity index (χ4v) is 4.60. The second-order valence-electron chi connectivity index (χ2n) is 6.78. The molecule has 3 atom stereocenters. The Labute approximate surface area is 131 Å². The van der Waals surface area contributed by atoms with Gasteiger partial charge < -0.3 is 9.47 Å². The van der Waals surface area contributed by atoms with Crippen LogP contribution in [0.25, 0.3) is 0 Å². The van der Waals surface area contributed by atoms with Gasteiger partial charge in [0.25, 0.3) is 0 Å². The molecule has 3 fully saturated rings. The summed E-state index contributed by atoms with van der Waals surface area (Å²) in [4.78, 5) is 5.52. The molecular formula is C17H25NO2S. The van der Waals surface area contributed by atoms with Crippen molar-refractivity contribution >= 4 is 11.3 Å². The van der Waals surface area contributed by atoms with Gasteiger partial charge in [0.1, 0.15) is 0 Å². The lowest BCUT2D eigenvalue weighted by Gasteiger charge is -2.38. The molecule has 4 rings (SSSR count). The zero-order valence-electron chi connectivity index (χ0n) is 12.8. The van der Waals surface area contributed by atoms with Crippen LogP contribution in [0.3, 0.4) is 0 Å². The van der Waals surface area contributed by atoms with E-state index in [1.165, 1.54) is 35.4 Å². The zero-order chi connectivity index (χ0) is 14.2. The average Bonchev–Trinajstić information content (AvgIpc) is 3.08. The highest BCUT2D eigenvalue weighted by atomic mass is 32.1. The standard InChI is InChI=1S/C17H25NO2S/c1-12-2-5-14(21-12)10-18-8-9-19-17-15(18)6-7-16(17)20-11-13-3-4-13/h2,5,13,15-17H,3-4,6-11H2,1H3/t15-,16+,17+/m0/s1. The summed E-state index contributed by atoms with van der Waals surface area (Å²) in [6, 6.07) is 5.07. The van der Waals surface area contributed by atoms with Gasteiger partial charge in [0.2, 0.25) is 0 Å². The van der Waals surface area contributed by atoms with Crippen molar-refractivity contribution in [2.45, 2.75) is 57.4 Å². The van der Waals surface area contributed by atoms with Crippen molar-refractivity contribution in [3.05, 3.63) is 21.9 Å². The smallest absolute Gasteiger partial charge is 0.0992 e. The molecule has 1 aromatic heterocycles. The van der Waals surface area contributed by atoms with Crippen molar-refractivity contribution in [1.82, 2.24) is 4.90 Å². The summed E-state index contributed by atoms with van der Waals surface area (Å²) in [5.74, 6) is 0.845. The zero-order valence-corrected chi connectivity index (χ0v) is 13.6. The van der Waals surface area contributed by atoms with Gasteiger partial charge in [0.15, 0.2) is 0 Å². The van der Waals surface area contributed by atoms with Crippen molar-refractivity contribution in [3.8, 4) is 0 Å². The topological polar surface area (TPSA) is 21.7 Å².